The van der Waals surface area contributed by atoms with Crippen LogP contribution in [0.5, 0.6) is 0 Å². The van der Waals surface area contributed by atoms with Gasteiger partial charge >= 0.3 is 0 Å². The molecule has 0 bridgehead atoms. The number of nitrogens with zero attached hydrogens (tertiary/aromatic N) is 1. The highest BCUT2D eigenvalue weighted by Gasteiger charge is 2.29. The summed E-state index contributed by atoms with van der Waals surface area (Å²) in [4.78, 5) is 10.5. The fourth-order valence-electron chi connectivity index (χ4n) is 1.76. The van der Waals surface area contributed by atoms with Crippen molar-refractivity contribution in [3.63, 3.8) is 0 Å². The van der Waals surface area contributed by atoms with Crippen LogP contribution in [0.4, 0.5) is 5.69 Å². The van der Waals surface area contributed by atoms with Gasteiger partial charge in [-0.3, -0.25) is 10.1 Å². The van der Waals surface area contributed by atoms with Gasteiger partial charge in [0.25, 0.3) is 5.69 Å². The zero-order valence-electron chi connectivity index (χ0n) is 9.15. The number of benzene rings is 1. The molecule has 0 heterocycles. The Balaban J connectivity index is 3.44. The Morgan fingerprint density at radius 3 is 2.53 bits per heavy atom. The summed E-state index contributed by atoms with van der Waals surface area (Å²) in [5.74, 6) is 0. The minimum Gasteiger partial charge on any atom is -0.395 e. The van der Waals surface area contributed by atoms with Gasteiger partial charge < -0.3 is 5.11 Å². The molecule has 15 heavy (non-hydrogen) atoms. The molecule has 82 valence electrons. The minimum absolute atomic E-state index is 0.0778. The summed E-state index contributed by atoms with van der Waals surface area (Å²) >= 11 is 0. The first kappa shape index (κ1) is 11.7. The van der Waals surface area contributed by atoms with Gasteiger partial charge in [-0.05, 0) is 12.5 Å². The van der Waals surface area contributed by atoms with E-state index in [0.29, 0.717) is 5.56 Å². The molecule has 1 N–H and O–H groups in total. The van der Waals surface area contributed by atoms with Crippen molar-refractivity contribution in [2.45, 2.75) is 26.2 Å². The third-order valence-electron chi connectivity index (χ3n) is 2.52. The van der Waals surface area contributed by atoms with Gasteiger partial charge in [0.05, 0.1) is 11.5 Å². The predicted octanol–water partition coefficient (Wildman–Crippen LogP) is 2.17. The molecule has 0 unspecified atom stereocenters. The summed E-state index contributed by atoms with van der Waals surface area (Å²) in [6.07, 6.45) is 0. The molecule has 1 rings (SSSR count). The molecular formula is C11H15NO3. The molecule has 1 aromatic rings. The first-order chi connectivity index (χ1) is 6.90. The van der Waals surface area contributed by atoms with Crippen LogP contribution in [-0.2, 0) is 5.41 Å². The molecule has 4 heteroatoms. The number of nitro groups is 1. The number of nitro benzene ring substituents is 1. The fourth-order valence-corrected chi connectivity index (χ4v) is 1.76. The van der Waals surface area contributed by atoms with Crippen molar-refractivity contribution in [3.05, 3.63) is 39.4 Å². The van der Waals surface area contributed by atoms with Crippen molar-refractivity contribution >= 4 is 5.69 Å². The standard InChI is InChI=1S/C11H15NO3/c1-8-5-4-6-9(12(14)15)10(8)11(2,3)7-13/h4-6,13H,7H2,1-3H3. The fraction of sp³-hybridized carbons (Fsp3) is 0.455. The van der Waals surface area contributed by atoms with Crippen LogP contribution in [0, 0.1) is 17.0 Å². The molecule has 0 radical (unpaired) electrons. The maximum atomic E-state index is 10.9. The zero-order valence-corrected chi connectivity index (χ0v) is 9.15. The third kappa shape index (κ3) is 2.15. The molecule has 0 saturated heterocycles. The smallest absolute Gasteiger partial charge is 0.273 e. The lowest BCUT2D eigenvalue weighted by atomic mass is 9.82. The van der Waals surface area contributed by atoms with Gasteiger partial charge in [-0.25, -0.2) is 0 Å². The molecule has 0 amide bonds. The molecule has 1 aromatic carbocycles. The number of hydrogen-bond acceptors (Lipinski definition) is 3. The number of aryl methyl sites for hydroxylation is 1. The van der Waals surface area contributed by atoms with E-state index in [9.17, 15) is 15.2 Å². The first-order valence-corrected chi connectivity index (χ1v) is 4.75. The largest absolute Gasteiger partial charge is 0.395 e. The van der Waals surface area contributed by atoms with Crippen LogP contribution in [0.15, 0.2) is 18.2 Å². The average molecular weight is 209 g/mol. The molecule has 0 aliphatic rings. The van der Waals surface area contributed by atoms with Gasteiger partial charge in [-0.2, -0.15) is 0 Å². The molecule has 0 atom stereocenters. The lowest BCUT2D eigenvalue weighted by molar-refractivity contribution is -0.386. The Hall–Kier alpha value is -1.42. The second-order valence-corrected chi connectivity index (χ2v) is 4.27. The summed E-state index contributed by atoms with van der Waals surface area (Å²) in [5, 5.41) is 20.1. The van der Waals surface area contributed by atoms with E-state index in [1.54, 1.807) is 19.9 Å². The van der Waals surface area contributed by atoms with Crippen LogP contribution < -0.4 is 0 Å². The maximum Gasteiger partial charge on any atom is 0.273 e. The lowest BCUT2D eigenvalue weighted by Gasteiger charge is -2.23. The number of hydrogen-bond donors (Lipinski definition) is 1. The molecule has 0 aliphatic carbocycles. The van der Waals surface area contributed by atoms with E-state index in [1.807, 2.05) is 13.0 Å². The summed E-state index contributed by atoms with van der Waals surface area (Å²) < 4.78 is 0. The molecule has 0 saturated carbocycles. The maximum absolute atomic E-state index is 10.9. The van der Waals surface area contributed by atoms with Gasteiger partial charge in [-0.1, -0.05) is 26.0 Å². The highest BCUT2D eigenvalue weighted by molar-refractivity contribution is 5.49. The minimum atomic E-state index is -0.590. The van der Waals surface area contributed by atoms with Crippen molar-refractivity contribution < 1.29 is 10.0 Å². The van der Waals surface area contributed by atoms with E-state index in [2.05, 4.69) is 0 Å². The summed E-state index contributed by atoms with van der Waals surface area (Å²) in [6.45, 7) is 5.29. The van der Waals surface area contributed by atoms with Crippen LogP contribution >= 0.6 is 0 Å². The summed E-state index contributed by atoms with van der Waals surface area (Å²) in [6, 6.07) is 4.95. The first-order valence-electron chi connectivity index (χ1n) is 4.75. The van der Waals surface area contributed by atoms with Crippen molar-refractivity contribution in [1.29, 1.82) is 0 Å². The zero-order chi connectivity index (χ0) is 11.6. The van der Waals surface area contributed by atoms with Crippen LogP contribution in [0.25, 0.3) is 0 Å². The van der Waals surface area contributed by atoms with E-state index < -0.39 is 10.3 Å². The molecular weight excluding hydrogens is 194 g/mol. The van der Waals surface area contributed by atoms with Crippen LogP contribution in [0.2, 0.25) is 0 Å². The highest BCUT2D eigenvalue weighted by Crippen LogP contribution is 2.33. The Labute approximate surface area is 88.7 Å². The SMILES string of the molecule is Cc1cccc([N+](=O)[O-])c1C(C)(C)CO. The van der Waals surface area contributed by atoms with Crippen molar-refractivity contribution in [2.24, 2.45) is 0 Å². The lowest BCUT2D eigenvalue weighted by Crippen LogP contribution is -2.24. The van der Waals surface area contributed by atoms with Crippen LogP contribution in [-0.4, -0.2) is 16.6 Å². The molecule has 0 fully saturated rings. The van der Waals surface area contributed by atoms with Gasteiger partial charge in [0.15, 0.2) is 0 Å². The Morgan fingerprint density at radius 2 is 2.07 bits per heavy atom. The number of aliphatic hydroxyl groups is 1. The molecule has 0 aromatic heterocycles. The van der Waals surface area contributed by atoms with Gasteiger partial charge in [0.2, 0.25) is 0 Å². The monoisotopic (exact) mass is 209 g/mol. The normalized spacial score (nSPS) is 11.5. The average Bonchev–Trinajstić information content (AvgIpc) is 2.17. The Morgan fingerprint density at radius 1 is 1.47 bits per heavy atom. The summed E-state index contributed by atoms with van der Waals surface area (Å²) in [7, 11) is 0. The van der Waals surface area contributed by atoms with Crippen LogP contribution in [0.3, 0.4) is 0 Å². The number of rotatable bonds is 3. The van der Waals surface area contributed by atoms with Gasteiger partial charge in [0.1, 0.15) is 0 Å². The number of aliphatic hydroxyl groups excluding tert-OH is 1. The van der Waals surface area contributed by atoms with E-state index >= 15 is 0 Å². The van der Waals surface area contributed by atoms with Crippen molar-refractivity contribution in [3.8, 4) is 0 Å². The van der Waals surface area contributed by atoms with E-state index in [0.717, 1.165) is 5.56 Å². The van der Waals surface area contributed by atoms with Crippen molar-refractivity contribution in [2.75, 3.05) is 6.61 Å². The molecule has 0 aliphatic heterocycles. The van der Waals surface area contributed by atoms with Gasteiger partial charge in [-0.15, -0.1) is 0 Å². The second-order valence-electron chi connectivity index (χ2n) is 4.27. The van der Waals surface area contributed by atoms with E-state index in [4.69, 9.17) is 0 Å². The van der Waals surface area contributed by atoms with E-state index in [-0.39, 0.29) is 12.3 Å². The topological polar surface area (TPSA) is 63.4 Å². The summed E-state index contributed by atoms with van der Waals surface area (Å²) in [5.41, 5.74) is 0.933. The molecule has 4 nitrogen and oxygen atoms in total. The van der Waals surface area contributed by atoms with Crippen LogP contribution in [0.1, 0.15) is 25.0 Å². The third-order valence-corrected chi connectivity index (χ3v) is 2.52. The quantitative estimate of drug-likeness (QED) is 0.613. The Kier molecular flexibility index (Phi) is 3.09. The molecule has 0 spiro atoms. The van der Waals surface area contributed by atoms with Crippen molar-refractivity contribution in [1.82, 2.24) is 0 Å². The Bertz CT molecular complexity index is 385. The van der Waals surface area contributed by atoms with Gasteiger partial charge in [0, 0.05) is 17.0 Å². The highest BCUT2D eigenvalue weighted by atomic mass is 16.6. The second kappa shape index (κ2) is 3.98. The predicted molar refractivity (Wildman–Crippen MR) is 57.9 cm³/mol. The van der Waals surface area contributed by atoms with E-state index in [1.165, 1.54) is 6.07 Å².